The van der Waals surface area contributed by atoms with Gasteiger partial charge < -0.3 is 15.4 Å². The fraction of sp³-hybridized carbons (Fsp3) is 0.571. The molecule has 5 heteroatoms. The molecule has 0 spiro atoms. The fourth-order valence-corrected chi connectivity index (χ4v) is 2.12. The molecule has 1 atom stereocenters. The fourth-order valence-electron chi connectivity index (χ4n) is 2.12. The number of amides is 1. The van der Waals surface area contributed by atoms with Crippen molar-refractivity contribution in [2.24, 2.45) is 0 Å². The van der Waals surface area contributed by atoms with Crippen LogP contribution in [0.1, 0.15) is 31.4 Å². The molecule has 104 valence electrons. The topological polar surface area (TPSA) is 63.2 Å². The van der Waals surface area contributed by atoms with E-state index in [1.54, 1.807) is 6.20 Å². The van der Waals surface area contributed by atoms with Gasteiger partial charge in [-0.05, 0) is 31.4 Å². The van der Waals surface area contributed by atoms with Gasteiger partial charge in [-0.25, -0.2) is 0 Å². The van der Waals surface area contributed by atoms with Crippen molar-refractivity contribution in [3.8, 4) is 0 Å². The van der Waals surface area contributed by atoms with E-state index in [0.717, 1.165) is 31.6 Å². The van der Waals surface area contributed by atoms with E-state index < -0.39 is 0 Å². The molecule has 1 aliphatic heterocycles. The highest BCUT2D eigenvalue weighted by molar-refractivity contribution is 5.78. The van der Waals surface area contributed by atoms with Crippen molar-refractivity contribution in [2.45, 2.75) is 31.8 Å². The molecule has 1 saturated heterocycles. The molecule has 0 aliphatic carbocycles. The minimum Gasteiger partial charge on any atom is -0.381 e. The lowest BCUT2D eigenvalue weighted by Gasteiger charge is -2.23. The largest absolute Gasteiger partial charge is 0.381 e. The van der Waals surface area contributed by atoms with Gasteiger partial charge in [0, 0.05) is 37.7 Å². The van der Waals surface area contributed by atoms with Crippen LogP contribution in [0.2, 0.25) is 0 Å². The van der Waals surface area contributed by atoms with Crippen LogP contribution in [-0.4, -0.2) is 36.7 Å². The summed E-state index contributed by atoms with van der Waals surface area (Å²) < 4.78 is 5.26. The van der Waals surface area contributed by atoms with Gasteiger partial charge in [0.05, 0.1) is 6.54 Å². The number of hydrogen-bond acceptors (Lipinski definition) is 4. The first-order chi connectivity index (χ1) is 9.25. The molecule has 2 N–H and O–H groups in total. The Morgan fingerprint density at radius 1 is 1.53 bits per heavy atom. The lowest BCUT2D eigenvalue weighted by atomic mass is 10.1. The van der Waals surface area contributed by atoms with Gasteiger partial charge >= 0.3 is 0 Å². The van der Waals surface area contributed by atoms with Crippen LogP contribution >= 0.6 is 0 Å². The van der Waals surface area contributed by atoms with E-state index in [-0.39, 0.29) is 18.0 Å². The van der Waals surface area contributed by atoms with Gasteiger partial charge in [0.25, 0.3) is 0 Å². The summed E-state index contributed by atoms with van der Waals surface area (Å²) in [5, 5.41) is 6.23. The Labute approximate surface area is 113 Å². The van der Waals surface area contributed by atoms with E-state index in [4.69, 9.17) is 4.74 Å². The Balaban J connectivity index is 1.71. The molecule has 1 fully saturated rings. The average Bonchev–Trinajstić information content (AvgIpc) is 2.47. The molecule has 1 aliphatic rings. The maximum absolute atomic E-state index is 11.8. The summed E-state index contributed by atoms with van der Waals surface area (Å²) in [5.74, 6) is 0.0441. The number of rotatable bonds is 5. The molecule has 19 heavy (non-hydrogen) atoms. The van der Waals surface area contributed by atoms with Crippen LogP contribution in [0.15, 0.2) is 24.5 Å². The Hall–Kier alpha value is -1.46. The first-order valence-corrected chi connectivity index (χ1v) is 6.76. The molecule has 1 amide bonds. The highest BCUT2D eigenvalue weighted by Crippen LogP contribution is 2.09. The van der Waals surface area contributed by atoms with Gasteiger partial charge in [-0.1, -0.05) is 6.07 Å². The van der Waals surface area contributed by atoms with Gasteiger partial charge in [0.2, 0.25) is 5.91 Å². The van der Waals surface area contributed by atoms with Crippen molar-refractivity contribution in [3.63, 3.8) is 0 Å². The Morgan fingerprint density at radius 3 is 3.00 bits per heavy atom. The van der Waals surface area contributed by atoms with Crippen LogP contribution in [0.5, 0.6) is 0 Å². The maximum atomic E-state index is 11.8. The van der Waals surface area contributed by atoms with Crippen molar-refractivity contribution < 1.29 is 9.53 Å². The second-order valence-electron chi connectivity index (χ2n) is 4.84. The number of aromatic nitrogens is 1. The van der Waals surface area contributed by atoms with Gasteiger partial charge in [0.1, 0.15) is 0 Å². The highest BCUT2D eigenvalue weighted by Gasteiger charge is 2.16. The summed E-state index contributed by atoms with van der Waals surface area (Å²) in [6, 6.07) is 4.28. The monoisotopic (exact) mass is 263 g/mol. The number of ether oxygens (including phenoxy) is 1. The molecule has 2 heterocycles. The van der Waals surface area contributed by atoms with Crippen LogP contribution in [-0.2, 0) is 9.53 Å². The highest BCUT2D eigenvalue weighted by atomic mass is 16.5. The van der Waals surface area contributed by atoms with E-state index in [1.807, 2.05) is 25.3 Å². The zero-order valence-corrected chi connectivity index (χ0v) is 11.3. The van der Waals surface area contributed by atoms with Crippen molar-refractivity contribution in [3.05, 3.63) is 30.1 Å². The standard InChI is InChI=1S/C14H21N3O2/c1-11(12-3-2-6-15-9-12)16-10-14(18)17-13-4-7-19-8-5-13/h2-3,6,9,11,13,16H,4-5,7-8,10H2,1H3,(H,17,18)/t11-/m0/s1. The smallest absolute Gasteiger partial charge is 0.234 e. The van der Waals surface area contributed by atoms with E-state index >= 15 is 0 Å². The average molecular weight is 263 g/mol. The number of carbonyl (C=O) groups excluding carboxylic acids is 1. The molecular formula is C14H21N3O2. The minimum absolute atomic E-state index is 0.0441. The number of nitrogens with one attached hydrogen (secondary N) is 2. The molecule has 2 rings (SSSR count). The molecular weight excluding hydrogens is 242 g/mol. The number of nitrogens with zero attached hydrogens (tertiary/aromatic N) is 1. The minimum atomic E-state index is 0.0441. The van der Waals surface area contributed by atoms with E-state index in [0.29, 0.717) is 6.54 Å². The first kappa shape index (κ1) is 14.0. The predicted octanol–water partition coefficient (Wildman–Crippen LogP) is 1.03. The molecule has 5 nitrogen and oxygen atoms in total. The third-order valence-corrected chi connectivity index (χ3v) is 3.34. The van der Waals surface area contributed by atoms with Crippen molar-refractivity contribution in [2.75, 3.05) is 19.8 Å². The lowest BCUT2D eigenvalue weighted by molar-refractivity contribution is -0.121. The van der Waals surface area contributed by atoms with Crippen LogP contribution in [0.3, 0.4) is 0 Å². The third-order valence-electron chi connectivity index (χ3n) is 3.34. The second kappa shape index (κ2) is 7.21. The molecule has 0 unspecified atom stereocenters. The van der Waals surface area contributed by atoms with Crippen molar-refractivity contribution in [1.82, 2.24) is 15.6 Å². The third kappa shape index (κ3) is 4.61. The summed E-state index contributed by atoms with van der Waals surface area (Å²) in [6.07, 6.45) is 5.37. The maximum Gasteiger partial charge on any atom is 0.234 e. The van der Waals surface area contributed by atoms with Gasteiger partial charge in [0.15, 0.2) is 0 Å². The summed E-state index contributed by atoms with van der Waals surface area (Å²) in [7, 11) is 0. The van der Waals surface area contributed by atoms with Gasteiger partial charge in [-0.15, -0.1) is 0 Å². The summed E-state index contributed by atoms with van der Waals surface area (Å²) in [6.45, 7) is 3.83. The second-order valence-corrected chi connectivity index (χ2v) is 4.84. The molecule has 0 aromatic carbocycles. The SMILES string of the molecule is C[C@H](NCC(=O)NC1CCOCC1)c1cccnc1. The van der Waals surface area contributed by atoms with Crippen LogP contribution in [0.4, 0.5) is 0 Å². The summed E-state index contributed by atoms with van der Waals surface area (Å²) in [5.41, 5.74) is 1.08. The summed E-state index contributed by atoms with van der Waals surface area (Å²) >= 11 is 0. The van der Waals surface area contributed by atoms with Crippen molar-refractivity contribution >= 4 is 5.91 Å². The van der Waals surface area contributed by atoms with Gasteiger partial charge in [-0.3, -0.25) is 9.78 Å². The van der Waals surface area contributed by atoms with Crippen LogP contribution in [0.25, 0.3) is 0 Å². The normalized spacial score (nSPS) is 17.9. The van der Waals surface area contributed by atoms with Crippen LogP contribution < -0.4 is 10.6 Å². The van der Waals surface area contributed by atoms with Gasteiger partial charge in [-0.2, -0.15) is 0 Å². The number of pyridine rings is 1. The summed E-state index contributed by atoms with van der Waals surface area (Å²) in [4.78, 5) is 15.9. The first-order valence-electron chi connectivity index (χ1n) is 6.76. The van der Waals surface area contributed by atoms with Crippen LogP contribution in [0, 0.1) is 0 Å². The Morgan fingerprint density at radius 2 is 2.32 bits per heavy atom. The van der Waals surface area contributed by atoms with E-state index in [1.165, 1.54) is 0 Å². The Kier molecular flexibility index (Phi) is 5.30. The zero-order chi connectivity index (χ0) is 13.5. The molecule has 1 aromatic heterocycles. The lowest BCUT2D eigenvalue weighted by Crippen LogP contribution is -2.43. The molecule has 1 aromatic rings. The number of hydrogen-bond donors (Lipinski definition) is 2. The Bertz CT molecular complexity index is 391. The molecule has 0 radical (unpaired) electrons. The predicted molar refractivity (Wildman–Crippen MR) is 72.6 cm³/mol. The molecule has 0 bridgehead atoms. The van der Waals surface area contributed by atoms with E-state index in [2.05, 4.69) is 15.6 Å². The zero-order valence-electron chi connectivity index (χ0n) is 11.3. The van der Waals surface area contributed by atoms with Crippen molar-refractivity contribution in [1.29, 1.82) is 0 Å². The number of carbonyl (C=O) groups is 1. The molecule has 0 saturated carbocycles. The van der Waals surface area contributed by atoms with E-state index in [9.17, 15) is 4.79 Å². The quantitative estimate of drug-likeness (QED) is 0.833.